The number of anilines is 1. The molecule has 2 aliphatic rings. The van der Waals surface area contributed by atoms with Crippen LogP contribution in [-0.2, 0) is 9.59 Å². The standard InChI is InChI=1S/C24H20N2O3/c27-23(20-15-9-10-16(13-15)21(20)24(28)29)26-19-8-4-7-18-17(11-12-25-22(18)19)14-5-2-1-3-6-14/h1-12,15-16,20-21H,13H2,(H,26,27)(H,28,29)/p-1/t15-,16-,20-,21-/m0/s1. The van der Waals surface area contributed by atoms with Crippen molar-refractivity contribution in [2.24, 2.45) is 23.7 Å². The largest absolute Gasteiger partial charge is 0.550 e. The SMILES string of the molecule is O=C([O-])[C@@H]1[C@@H](C(=O)Nc2cccc3c(-c4ccccc4)ccnc23)[C@H]2C=C[C@H]1C2. The third-order valence-electron chi connectivity index (χ3n) is 6.15. The maximum Gasteiger partial charge on any atom is 0.228 e. The van der Waals surface area contributed by atoms with Gasteiger partial charge in [-0.1, -0.05) is 54.6 Å². The number of nitrogens with one attached hydrogen (secondary N) is 1. The van der Waals surface area contributed by atoms with Crippen LogP contribution in [0.15, 0.2) is 72.9 Å². The maximum atomic E-state index is 13.1. The Balaban J connectivity index is 1.51. The minimum Gasteiger partial charge on any atom is -0.550 e. The summed E-state index contributed by atoms with van der Waals surface area (Å²) in [5, 5.41) is 15.5. The average Bonchev–Trinajstić information content (AvgIpc) is 3.36. The number of para-hydroxylation sites is 1. The molecule has 1 heterocycles. The number of aromatic nitrogens is 1. The summed E-state index contributed by atoms with van der Waals surface area (Å²) in [6.07, 6.45) is 6.29. The molecule has 2 bridgehead atoms. The Kier molecular flexibility index (Phi) is 4.16. The van der Waals surface area contributed by atoms with Crippen LogP contribution in [0.3, 0.4) is 0 Å². The van der Waals surface area contributed by atoms with Crippen molar-refractivity contribution in [1.29, 1.82) is 0 Å². The summed E-state index contributed by atoms with van der Waals surface area (Å²) >= 11 is 0. The topological polar surface area (TPSA) is 82.1 Å². The van der Waals surface area contributed by atoms with Crippen molar-refractivity contribution >= 4 is 28.5 Å². The van der Waals surface area contributed by atoms with Gasteiger partial charge in [-0.3, -0.25) is 9.78 Å². The number of fused-ring (bicyclic) bond motifs is 3. The molecule has 1 aromatic heterocycles. The van der Waals surface area contributed by atoms with Crippen molar-refractivity contribution in [3.05, 3.63) is 72.9 Å². The van der Waals surface area contributed by atoms with E-state index in [1.807, 2.05) is 60.7 Å². The normalized spacial score (nSPS) is 24.7. The molecule has 0 aliphatic heterocycles. The zero-order valence-corrected chi connectivity index (χ0v) is 15.6. The molecular weight excluding hydrogens is 364 g/mol. The summed E-state index contributed by atoms with van der Waals surface area (Å²) in [7, 11) is 0. The highest BCUT2D eigenvalue weighted by molar-refractivity contribution is 6.06. The number of allylic oxidation sites excluding steroid dienone is 2. The van der Waals surface area contributed by atoms with Gasteiger partial charge < -0.3 is 15.2 Å². The minimum atomic E-state index is -1.15. The first-order chi connectivity index (χ1) is 14.1. The lowest BCUT2D eigenvalue weighted by Gasteiger charge is -2.28. The number of benzene rings is 2. The van der Waals surface area contributed by atoms with Gasteiger partial charge in [0.1, 0.15) is 0 Å². The summed E-state index contributed by atoms with van der Waals surface area (Å²) in [5.74, 6) is -2.97. The number of pyridine rings is 1. The zero-order chi connectivity index (χ0) is 20.0. The number of hydrogen-bond acceptors (Lipinski definition) is 4. The van der Waals surface area contributed by atoms with Gasteiger partial charge in [-0.2, -0.15) is 0 Å². The third-order valence-corrected chi connectivity index (χ3v) is 6.15. The molecule has 4 atom stereocenters. The number of carbonyl (C=O) groups is 2. The lowest BCUT2D eigenvalue weighted by Crippen LogP contribution is -2.42. The number of carboxylic acids is 1. The summed E-state index contributed by atoms with van der Waals surface area (Å²) < 4.78 is 0. The molecule has 0 unspecified atom stereocenters. The summed E-state index contributed by atoms with van der Waals surface area (Å²) in [6, 6.07) is 17.6. The second kappa shape index (κ2) is 6.85. The first-order valence-corrected chi connectivity index (χ1v) is 9.76. The Morgan fingerprint density at radius 3 is 2.45 bits per heavy atom. The van der Waals surface area contributed by atoms with Crippen molar-refractivity contribution in [2.45, 2.75) is 6.42 Å². The molecule has 1 N–H and O–H groups in total. The van der Waals surface area contributed by atoms with Crippen molar-refractivity contribution < 1.29 is 14.7 Å². The molecular formula is C24H19N2O3-. The van der Waals surface area contributed by atoms with Crippen molar-refractivity contribution in [3.63, 3.8) is 0 Å². The number of carboxylic acid groups (broad SMARTS) is 1. The molecule has 1 saturated carbocycles. The second-order valence-corrected chi connectivity index (χ2v) is 7.73. The minimum absolute atomic E-state index is 0.0503. The van der Waals surface area contributed by atoms with Crippen LogP contribution >= 0.6 is 0 Å². The average molecular weight is 383 g/mol. The fourth-order valence-corrected chi connectivity index (χ4v) is 4.86. The second-order valence-electron chi connectivity index (χ2n) is 7.73. The lowest BCUT2D eigenvalue weighted by atomic mass is 9.82. The van der Waals surface area contributed by atoms with E-state index in [9.17, 15) is 14.7 Å². The predicted octanol–water partition coefficient (Wildman–Crippen LogP) is 3.03. The van der Waals surface area contributed by atoms with E-state index in [1.54, 1.807) is 12.3 Å². The van der Waals surface area contributed by atoms with E-state index in [-0.39, 0.29) is 17.7 Å². The van der Waals surface area contributed by atoms with E-state index in [0.29, 0.717) is 17.6 Å². The highest BCUT2D eigenvalue weighted by Crippen LogP contribution is 2.48. The molecule has 1 amide bonds. The molecule has 1 fully saturated rings. The van der Waals surface area contributed by atoms with E-state index in [4.69, 9.17) is 0 Å². The number of amides is 1. The van der Waals surface area contributed by atoms with Crippen molar-refractivity contribution in [2.75, 3.05) is 5.32 Å². The van der Waals surface area contributed by atoms with Crippen LogP contribution in [0.25, 0.3) is 22.0 Å². The predicted molar refractivity (Wildman–Crippen MR) is 109 cm³/mol. The van der Waals surface area contributed by atoms with Crippen LogP contribution in [0.5, 0.6) is 0 Å². The first-order valence-electron chi connectivity index (χ1n) is 9.76. The van der Waals surface area contributed by atoms with Crippen LogP contribution in [0, 0.1) is 23.7 Å². The lowest BCUT2D eigenvalue weighted by molar-refractivity contribution is -0.313. The van der Waals surface area contributed by atoms with Gasteiger partial charge in [0.15, 0.2) is 0 Å². The number of aliphatic carboxylic acids is 1. The number of nitrogens with zero attached hydrogens (tertiary/aromatic N) is 1. The third kappa shape index (κ3) is 2.90. The van der Waals surface area contributed by atoms with E-state index in [1.165, 1.54) is 0 Å². The van der Waals surface area contributed by atoms with Gasteiger partial charge in [0.25, 0.3) is 0 Å². The Hall–Kier alpha value is -3.47. The number of carbonyl (C=O) groups excluding carboxylic acids is 2. The first kappa shape index (κ1) is 17.6. The highest BCUT2D eigenvalue weighted by Gasteiger charge is 2.48. The smallest absolute Gasteiger partial charge is 0.228 e. The molecule has 5 heteroatoms. The number of hydrogen-bond donors (Lipinski definition) is 1. The maximum absolute atomic E-state index is 13.1. The Morgan fingerprint density at radius 1 is 0.931 bits per heavy atom. The molecule has 5 rings (SSSR count). The van der Waals surface area contributed by atoms with Crippen LogP contribution in [0.2, 0.25) is 0 Å². The fraction of sp³-hybridized carbons (Fsp3) is 0.208. The van der Waals surface area contributed by atoms with Gasteiger partial charge in [-0.15, -0.1) is 0 Å². The molecule has 29 heavy (non-hydrogen) atoms. The molecule has 0 radical (unpaired) electrons. The van der Waals surface area contributed by atoms with Crippen molar-refractivity contribution in [1.82, 2.24) is 4.98 Å². The monoisotopic (exact) mass is 383 g/mol. The molecule has 2 aliphatic carbocycles. The summed E-state index contributed by atoms with van der Waals surface area (Å²) in [5.41, 5.74) is 3.38. The van der Waals surface area contributed by atoms with E-state index < -0.39 is 17.8 Å². The van der Waals surface area contributed by atoms with Gasteiger partial charge in [-0.05, 0) is 41.5 Å². The van der Waals surface area contributed by atoms with Crippen LogP contribution in [-0.4, -0.2) is 16.9 Å². The van der Waals surface area contributed by atoms with E-state index in [0.717, 1.165) is 16.5 Å². The summed E-state index contributed by atoms with van der Waals surface area (Å²) in [6.45, 7) is 0. The van der Waals surface area contributed by atoms with Crippen molar-refractivity contribution in [3.8, 4) is 11.1 Å². The fourth-order valence-electron chi connectivity index (χ4n) is 4.86. The molecule has 0 spiro atoms. The molecule has 2 aromatic carbocycles. The Morgan fingerprint density at radius 2 is 1.69 bits per heavy atom. The zero-order valence-electron chi connectivity index (χ0n) is 15.6. The molecule has 144 valence electrons. The van der Waals surface area contributed by atoms with Gasteiger partial charge in [0.05, 0.1) is 17.1 Å². The Labute approximate surface area is 168 Å². The quantitative estimate of drug-likeness (QED) is 0.702. The Bertz CT molecular complexity index is 1140. The van der Waals surface area contributed by atoms with Gasteiger partial charge in [0, 0.05) is 23.5 Å². The van der Waals surface area contributed by atoms with Crippen LogP contribution in [0.1, 0.15) is 6.42 Å². The van der Waals surface area contributed by atoms with E-state index >= 15 is 0 Å². The molecule has 0 saturated heterocycles. The summed E-state index contributed by atoms with van der Waals surface area (Å²) in [4.78, 5) is 29.2. The molecule has 3 aromatic rings. The van der Waals surface area contributed by atoms with Crippen LogP contribution in [0.4, 0.5) is 5.69 Å². The van der Waals surface area contributed by atoms with Gasteiger partial charge in [0.2, 0.25) is 5.91 Å². The highest BCUT2D eigenvalue weighted by atomic mass is 16.4. The van der Waals surface area contributed by atoms with Gasteiger partial charge >= 0.3 is 0 Å². The van der Waals surface area contributed by atoms with Gasteiger partial charge in [-0.25, -0.2) is 0 Å². The van der Waals surface area contributed by atoms with E-state index in [2.05, 4.69) is 10.3 Å². The number of rotatable bonds is 4. The molecule has 5 nitrogen and oxygen atoms in total. The van der Waals surface area contributed by atoms with Crippen LogP contribution < -0.4 is 10.4 Å².